The number of rotatable bonds is 11. The van der Waals surface area contributed by atoms with Crippen LogP contribution in [0.15, 0.2) is 274 Å². The van der Waals surface area contributed by atoms with Crippen LogP contribution in [0.5, 0.6) is 0 Å². The van der Waals surface area contributed by atoms with Crippen molar-refractivity contribution in [3.05, 3.63) is 279 Å². The van der Waals surface area contributed by atoms with Crippen LogP contribution in [-0.2, 0) is 0 Å². The summed E-state index contributed by atoms with van der Waals surface area (Å²) in [4.78, 5) is 2.30. The Morgan fingerprint density at radius 1 is 0.385 bits per heavy atom. The number of fused-ring (bicyclic) bond motifs is 1. The zero-order chi connectivity index (χ0) is 44.2. The molecule has 10 rings (SSSR count). The molecule has 9 aromatic carbocycles. The van der Waals surface area contributed by atoms with Gasteiger partial charge >= 0.3 is 0 Å². The summed E-state index contributed by atoms with van der Waals surface area (Å²) in [5.41, 5.74) is 23.1. The molecule has 1 heterocycles. The highest BCUT2D eigenvalue weighted by Crippen LogP contribution is 2.37. The number of allylic oxidation sites excluding steroid dienone is 4. The van der Waals surface area contributed by atoms with Gasteiger partial charge in [-0.15, -0.1) is 0 Å². The summed E-state index contributed by atoms with van der Waals surface area (Å²) in [6.45, 7) is 3.70. The molecule has 1 aromatic heterocycles. The van der Waals surface area contributed by atoms with Gasteiger partial charge in [0.15, 0.2) is 0 Å². The topological polar surface area (TPSA) is 34.2 Å². The van der Waals surface area contributed by atoms with E-state index in [0.717, 1.165) is 22.7 Å². The van der Waals surface area contributed by atoms with E-state index in [-0.39, 0.29) is 0 Å². The molecule has 65 heavy (non-hydrogen) atoms. The minimum Gasteiger partial charge on any atom is -0.399 e. The van der Waals surface area contributed by atoms with E-state index in [1.54, 1.807) is 6.08 Å². The first-order chi connectivity index (χ1) is 32.1. The number of nitrogens with zero attached hydrogens (tertiary/aromatic N) is 2. The zero-order valence-corrected chi connectivity index (χ0v) is 36.2. The van der Waals surface area contributed by atoms with Crippen molar-refractivity contribution in [2.24, 2.45) is 0 Å². The summed E-state index contributed by atoms with van der Waals surface area (Å²) in [7, 11) is 0. The number of nitrogen functional groups attached to an aromatic ring is 1. The fourth-order valence-electron chi connectivity index (χ4n) is 8.11. The molecule has 0 aliphatic heterocycles. The van der Waals surface area contributed by atoms with E-state index in [9.17, 15) is 0 Å². The SMILES string of the molecule is C=C/C=C\C=C/c1ccc(-c2ccc(-c3ccc(N(c4ccccc4)c4ccc(-c5ccccc5)cc4)cc3)cc2)cc1.Nc1ccc(-c2cccc3c2ccn3-c2ccccc2)cc1. The molecule has 0 saturated carbocycles. The highest BCUT2D eigenvalue weighted by atomic mass is 15.1. The second-order valence-corrected chi connectivity index (χ2v) is 15.7. The lowest BCUT2D eigenvalue weighted by Crippen LogP contribution is -2.09. The molecule has 312 valence electrons. The van der Waals surface area contributed by atoms with Crippen molar-refractivity contribution in [2.75, 3.05) is 10.6 Å². The van der Waals surface area contributed by atoms with E-state index >= 15 is 0 Å². The molecule has 3 nitrogen and oxygen atoms in total. The molecule has 0 aliphatic rings. The van der Waals surface area contributed by atoms with Gasteiger partial charge in [-0.1, -0.05) is 201 Å². The Labute approximate surface area is 382 Å². The van der Waals surface area contributed by atoms with E-state index < -0.39 is 0 Å². The highest BCUT2D eigenvalue weighted by Gasteiger charge is 2.13. The highest BCUT2D eigenvalue weighted by molar-refractivity contribution is 5.96. The van der Waals surface area contributed by atoms with Crippen molar-refractivity contribution < 1.29 is 0 Å². The van der Waals surface area contributed by atoms with Crippen LogP contribution in [0.2, 0.25) is 0 Å². The van der Waals surface area contributed by atoms with Crippen molar-refractivity contribution in [2.45, 2.75) is 0 Å². The molecule has 0 spiro atoms. The predicted molar refractivity (Wildman–Crippen MR) is 279 cm³/mol. The van der Waals surface area contributed by atoms with Crippen LogP contribution in [0.25, 0.3) is 67.2 Å². The Balaban J connectivity index is 0.000000202. The second kappa shape index (κ2) is 20.0. The molecule has 0 aliphatic carbocycles. The molecular formula is C62H49N3. The Morgan fingerprint density at radius 2 is 0.846 bits per heavy atom. The van der Waals surface area contributed by atoms with E-state index in [4.69, 9.17) is 5.73 Å². The van der Waals surface area contributed by atoms with Crippen molar-refractivity contribution in [3.63, 3.8) is 0 Å². The molecule has 10 aromatic rings. The minimum atomic E-state index is 0.790. The number of anilines is 4. The van der Waals surface area contributed by atoms with Crippen molar-refractivity contribution in [1.29, 1.82) is 0 Å². The van der Waals surface area contributed by atoms with Crippen LogP contribution >= 0.6 is 0 Å². The van der Waals surface area contributed by atoms with Crippen LogP contribution in [0.4, 0.5) is 22.7 Å². The third-order valence-corrected chi connectivity index (χ3v) is 11.5. The Hall–Kier alpha value is -8.66. The van der Waals surface area contributed by atoms with E-state index in [0.29, 0.717) is 0 Å². The summed E-state index contributed by atoms with van der Waals surface area (Å²) in [6, 6.07) is 83.1. The fourth-order valence-corrected chi connectivity index (χ4v) is 8.11. The Kier molecular flexibility index (Phi) is 12.8. The summed E-state index contributed by atoms with van der Waals surface area (Å²) < 4.78 is 2.22. The first-order valence-corrected chi connectivity index (χ1v) is 21.9. The van der Waals surface area contributed by atoms with Crippen LogP contribution < -0.4 is 10.6 Å². The summed E-state index contributed by atoms with van der Waals surface area (Å²) >= 11 is 0. The molecule has 0 bridgehead atoms. The molecule has 0 atom stereocenters. The number of hydrogen-bond donors (Lipinski definition) is 1. The smallest absolute Gasteiger partial charge is 0.0534 e. The quantitative estimate of drug-likeness (QED) is 0.104. The number of nitrogens with two attached hydrogens (primary N) is 1. The summed E-state index contributed by atoms with van der Waals surface area (Å²) in [5.74, 6) is 0. The lowest BCUT2D eigenvalue weighted by Gasteiger charge is -2.26. The van der Waals surface area contributed by atoms with E-state index in [1.807, 2.05) is 36.4 Å². The lowest BCUT2D eigenvalue weighted by atomic mass is 9.99. The van der Waals surface area contributed by atoms with Crippen LogP contribution in [-0.4, -0.2) is 4.57 Å². The van der Waals surface area contributed by atoms with Gasteiger partial charge in [0, 0.05) is 40.0 Å². The maximum Gasteiger partial charge on any atom is 0.0534 e. The lowest BCUT2D eigenvalue weighted by molar-refractivity contribution is 1.13. The second-order valence-electron chi connectivity index (χ2n) is 15.7. The third kappa shape index (κ3) is 9.86. The Morgan fingerprint density at radius 3 is 1.40 bits per heavy atom. The van der Waals surface area contributed by atoms with Gasteiger partial charge < -0.3 is 15.2 Å². The van der Waals surface area contributed by atoms with Crippen molar-refractivity contribution in [3.8, 4) is 50.2 Å². The van der Waals surface area contributed by atoms with Crippen molar-refractivity contribution in [1.82, 2.24) is 4.57 Å². The van der Waals surface area contributed by atoms with Gasteiger partial charge in [0.25, 0.3) is 0 Å². The molecule has 2 N–H and O–H groups in total. The zero-order valence-electron chi connectivity index (χ0n) is 36.2. The van der Waals surface area contributed by atoms with Gasteiger partial charge in [0.1, 0.15) is 0 Å². The molecule has 0 radical (unpaired) electrons. The van der Waals surface area contributed by atoms with Gasteiger partial charge in [0.2, 0.25) is 0 Å². The third-order valence-electron chi connectivity index (χ3n) is 11.5. The van der Waals surface area contributed by atoms with Gasteiger partial charge in [0.05, 0.1) is 5.52 Å². The molecule has 0 unspecified atom stereocenters. The average Bonchev–Trinajstić information content (AvgIpc) is 3.82. The van der Waals surface area contributed by atoms with Gasteiger partial charge in [-0.05, 0) is 123 Å². The maximum absolute atomic E-state index is 5.79. The van der Waals surface area contributed by atoms with Crippen LogP contribution in [0.1, 0.15) is 5.56 Å². The van der Waals surface area contributed by atoms with Crippen LogP contribution in [0, 0.1) is 0 Å². The predicted octanol–water partition coefficient (Wildman–Crippen LogP) is 16.8. The first kappa shape index (κ1) is 41.7. The summed E-state index contributed by atoms with van der Waals surface area (Å²) in [6.07, 6.45) is 11.9. The normalized spacial score (nSPS) is 11.1. The van der Waals surface area contributed by atoms with Crippen LogP contribution in [0.3, 0.4) is 0 Å². The maximum atomic E-state index is 5.79. The number of para-hydroxylation sites is 2. The molecule has 3 heteroatoms. The van der Waals surface area contributed by atoms with E-state index in [2.05, 4.69) is 247 Å². The molecule has 0 saturated heterocycles. The minimum absolute atomic E-state index is 0.790. The number of benzene rings is 9. The number of hydrogen-bond acceptors (Lipinski definition) is 2. The fraction of sp³-hybridized carbons (Fsp3) is 0. The van der Waals surface area contributed by atoms with Gasteiger partial charge in [-0.2, -0.15) is 0 Å². The van der Waals surface area contributed by atoms with E-state index in [1.165, 1.54) is 66.7 Å². The summed E-state index contributed by atoms with van der Waals surface area (Å²) in [5, 5.41) is 1.25. The standard InChI is InChI=1S/C42H33N.C20H16N2/c1-2-3-4-7-12-33-17-19-35(20-18-33)36-21-23-37(24-22-36)39-27-31-42(32-28-39)43(40-15-10-6-11-16-40)41-29-25-38(26-30-41)34-13-8-5-9-14-34;21-16-11-9-15(10-12-16)18-7-4-8-20-19(18)13-14-22(20)17-5-2-1-3-6-17/h2-32H,1H2;1-14H,21H2/b4-3-,12-7-;. The first-order valence-electron chi connectivity index (χ1n) is 21.9. The monoisotopic (exact) mass is 835 g/mol. The molecule has 0 fully saturated rings. The molecular weight excluding hydrogens is 787 g/mol. The Bertz CT molecular complexity index is 3150. The molecule has 0 amide bonds. The largest absolute Gasteiger partial charge is 0.399 e. The van der Waals surface area contributed by atoms with Crippen molar-refractivity contribution >= 4 is 39.7 Å². The van der Waals surface area contributed by atoms with Gasteiger partial charge in [-0.3, -0.25) is 0 Å². The number of aromatic nitrogens is 1. The van der Waals surface area contributed by atoms with Gasteiger partial charge in [-0.25, -0.2) is 0 Å². The average molecular weight is 836 g/mol.